The average molecular weight is 295 g/mol. The molecule has 0 atom stereocenters. The summed E-state index contributed by atoms with van der Waals surface area (Å²) in [5.41, 5.74) is 3.00. The lowest BCUT2D eigenvalue weighted by Gasteiger charge is -2.32. The summed E-state index contributed by atoms with van der Waals surface area (Å²) in [6.45, 7) is 5.76. The van der Waals surface area contributed by atoms with Gasteiger partial charge >= 0.3 is 0 Å². The van der Waals surface area contributed by atoms with Crippen LogP contribution in [0.15, 0.2) is 36.7 Å². The van der Waals surface area contributed by atoms with Gasteiger partial charge < -0.3 is 4.90 Å². The van der Waals surface area contributed by atoms with E-state index in [-0.39, 0.29) is 11.7 Å². The lowest BCUT2D eigenvalue weighted by Crippen LogP contribution is -2.36. The molecule has 4 heteroatoms. The highest BCUT2D eigenvalue weighted by molar-refractivity contribution is 5.98. The summed E-state index contributed by atoms with van der Waals surface area (Å²) in [5, 5.41) is 0. The van der Waals surface area contributed by atoms with E-state index in [1.165, 1.54) is 5.56 Å². The van der Waals surface area contributed by atoms with Crippen molar-refractivity contribution in [3.63, 3.8) is 0 Å². The summed E-state index contributed by atoms with van der Waals surface area (Å²) >= 11 is 0. The highest BCUT2D eigenvalue weighted by Gasteiger charge is 2.26. The third-order valence-electron chi connectivity index (χ3n) is 4.32. The number of aryl methyl sites for hydroxylation is 2. The smallest absolute Gasteiger partial charge is 0.166 e. The second-order valence-corrected chi connectivity index (χ2v) is 6.01. The normalized spacial score (nSPS) is 15.8. The van der Waals surface area contributed by atoms with E-state index in [2.05, 4.69) is 14.9 Å². The van der Waals surface area contributed by atoms with Crippen LogP contribution < -0.4 is 4.90 Å². The van der Waals surface area contributed by atoms with Crippen LogP contribution in [0.3, 0.4) is 0 Å². The van der Waals surface area contributed by atoms with Crippen molar-refractivity contribution in [2.24, 2.45) is 5.92 Å². The van der Waals surface area contributed by atoms with Gasteiger partial charge in [-0.3, -0.25) is 4.79 Å². The molecule has 1 aromatic carbocycles. The number of anilines is 1. The van der Waals surface area contributed by atoms with E-state index >= 15 is 0 Å². The van der Waals surface area contributed by atoms with Crippen LogP contribution in [0.5, 0.6) is 0 Å². The molecule has 0 bridgehead atoms. The van der Waals surface area contributed by atoms with Crippen molar-refractivity contribution in [2.75, 3.05) is 18.0 Å². The van der Waals surface area contributed by atoms with Crippen molar-refractivity contribution in [1.82, 2.24) is 9.97 Å². The molecule has 0 radical (unpaired) electrons. The fourth-order valence-corrected chi connectivity index (χ4v) is 2.94. The molecule has 1 aromatic heterocycles. The van der Waals surface area contributed by atoms with E-state index in [9.17, 15) is 4.79 Å². The van der Waals surface area contributed by atoms with Gasteiger partial charge in [-0.25, -0.2) is 9.97 Å². The number of benzene rings is 1. The predicted molar refractivity (Wildman–Crippen MR) is 87.2 cm³/mol. The van der Waals surface area contributed by atoms with E-state index in [0.29, 0.717) is 0 Å². The Morgan fingerprint density at radius 3 is 2.41 bits per heavy atom. The number of rotatable bonds is 3. The molecule has 1 aliphatic heterocycles. The molecule has 114 valence electrons. The van der Waals surface area contributed by atoms with Crippen LogP contribution >= 0.6 is 0 Å². The molecule has 0 spiro atoms. The van der Waals surface area contributed by atoms with Crippen LogP contribution in [-0.4, -0.2) is 28.8 Å². The van der Waals surface area contributed by atoms with Gasteiger partial charge in [0.1, 0.15) is 12.1 Å². The van der Waals surface area contributed by atoms with Gasteiger partial charge in [-0.2, -0.15) is 0 Å². The average Bonchev–Trinajstić information content (AvgIpc) is 2.55. The molecule has 0 aliphatic carbocycles. The molecule has 1 fully saturated rings. The Labute approximate surface area is 131 Å². The number of piperidine rings is 1. The molecule has 22 heavy (non-hydrogen) atoms. The van der Waals surface area contributed by atoms with Gasteiger partial charge in [-0.05, 0) is 26.7 Å². The predicted octanol–water partition coefficient (Wildman–Crippen LogP) is 3.19. The highest BCUT2D eigenvalue weighted by atomic mass is 16.1. The number of carbonyl (C=O) groups excluding carboxylic acids is 1. The van der Waals surface area contributed by atoms with Crippen LogP contribution in [0.1, 0.15) is 34.5 Å². The Kier molecular flexibility index (Phi) is 4.18. The second-order valence-electron chi connectivity index (χ2n) is 6.01. The molecule has 2 heterocycles. The Morgan fingerprint density at radius 2 is 1.77 bits per heavy atom. The molecule has 0 N–H and O–H groups in total. The third kappa shape index (κ3) is 3.16. The van der Waals surface area contributed by atoms with Crippen molar-refractivity contribution in [3.05, 3.63) is 53.5 Å². The van der Waals surface area contributed by atoms with Gasteiger partial charge in [0.15, 0.2) is 5.78 Å². The number of aromatic nitrogens is 2. The van der Waals surface area contributed by atoms with Crippen LogP contribution in [0.4, 0.5) is 5.82 Å². The van der Waals surface area contributed by atoms with E-state index in [1.54, 1.807) is 6.33 Å². The topological polar surface area (TPSA) is 46.1 Å². The van der Waals surface area contributed by atoms with Crippen molar-refractivity contribution < 1.29 is 4.79 Å². The van der Waals surface area contributed by atoms with E-state index in [1.807, 2.05) is 44.2 Å². The first-order chi connectivity index (χ1) is 10.6. The van der Waals surface area contributed by atoms with Crippen molar-refractivity contribution in [3.8, 4) is 0 Å². The van der Waals surface area contributed by atoms with E-state index in [4.69, 9.17) is 0 Å². The fourth-order valence-electron chi connectivity index (χ4n) is 2.94. The minimum atomic E-state index is 0.127. The molecule has 0 saturated carbocycles. The Bertz CT molecular complexity index is 658. The number of hydrogen-bond donors (Lipinski definition) is 0. The SMILES string of the molecule is Cc1ccc(C(=O)C2CCN(c3cc(C)ncn3)CC2)cc1. The van der Waals surface area contributed by atoms with Gasteiger partial charge in [0, 0.05) is 36.3 Å². The van der Waals surface area contributed by atoms with Gasteiger partial charge in [-0.15, -0.1) is 0 Å². The zero-order valence-corrected chi connectivity index (χ0v) is 13.1. The quantitative estimate of drug-likeness (QED) is 0.816. The molecular formula is C18H21N3O. The lowest BCUT2D eigenvalue weighted by molar-refractivity contribution is 0.0900. The lowest BCUT2D eigenvalue weighted by atomic mass is 9.88. The molecule has 0 unspecified atom stereocenters. The number of hydrogen-bond acceptors (Lipinski definition) is 4. The van der Waals surface area contributed by atoms with Crippen LogP contribution in [0, 0.1) is 19.8 Å². The first-order valence-electron chi connectivity index (χ1n) is 7.78. The number of carbonyl (C=O) groups is 1. The maximum Gasteiger partial charge on any atom is 0.166 e. The van der Waals surface area contributed by atoms with Crippen molar-refractivity contribution in [2.45, 2.75) is 26.7 Å². The summed E-state index contributed by atoms with van der Waals surface area (Å²) in [4.78, 5) is 23.3. The first kappa shape index (κ1) is 14.7. The molecule has 1 saturated heterocycles. The summed E-state index contributed by atoms with van der Waals surface area (Å²) in [7, 11) is 0. The third-order valence-corrected chi connectivity index (χ3v) is 4.32. The first-order valence-corrected chi connectivity index (χ1v) is 7.78. The van der Waals surface area contributed by atoms with Crippen LogP contribution in [0.2, 0.25) is 0 Å². The second kappa shape index (κ2) is 6.26. The summed E-state index contributed by atoms with van der Waals surface area (Å²) in [6.07, 6.45) is 3.37. The Balaban J connectivity index is 1.64. The van der Waals surface area contributed by atoms with Gasteiger partial charge in [-0.1, -0.05) is 29.8 Å². The minimum Gasteiger partial charge on any atom is -0.356 e. The summed E-state index contributed by atoms with van der Waals surface area (Å²) in [5.74, 6) is 1.37. The largest absolute Gasteiger partial charge is 0.356 e. The molecule has 4 nitrogen and oxygen atoms in total. The van der Waals surface area contributed by atoms with Crippen LogP contribution in [-0.2, 0) is 0 Å². The van der Waals surface area contributed by atoms with E-state index < -0.39 is 0 Å². The molecule has 3 rings (SSSR count). The number of Topliss-reactive ketones (excluding diaryl/α,β-unsaturated/α-hetero) is 1. The molecule has 0 amide bonds. The molecule has 2 aromatic rings. The van der Waals surface area contributed by atoms with Crippen LogP contribution in [0.25, 0.3) is 0 Å². The van der Waals surface area contributed by atoms with Crippen molar-refractivity contribution >= 4 is 11.6 Å². The summed E-state index contributed by atoms with van der Waals surface area (Å²) in [6, 6.07) is 9.90. The fraction of sp³-hybridized carbons (Fsp3) is 0.389. The van der Waals surface area contributed by atoms with E-state index in [0.717, 1.165) is 43.0 Å². The maximum atomic E-state index is 12.6. The maximum absolute atomic E-state index is 12.6. The Morgan fingerprint density at radius 1 is 1.09 bits per heavy atom. The number of ketones is 1. The zero-order valence-electron chi connectivity index (χ0n) is 13.1. The molecule has 1 aliphatic rings. The standard InChI is InChI=1S/C18H21N3O/c1-13-3-5-15(6-4-13)18(22)16-7-9-21(10-8-16)17-11-14(2)19-12-20-17/h3-6,11-12,16H,7-10H2,1-2H3. The molecular weight excluding hydrogens is 274 g/mol. The van der Waals surface area contributed by atoms with Crippen molar-refractivity contribution in [1.29, 1.82) is 0 Å². The summed E-state index contributed by atoms with van der Waals surface area (Å²) < 4.78 is 0. The van der Waals surface area contributed by atoms with Gasteiger partial charge in [0.2, 0.25) is 0 Å². The zero-order chi connectivity index (χ0) is 15.5. The monoisotopic (exact) mass is 295 g/mol. The highest BCUT2D eigenvalue weighted by Crippen LogP contribution is 2.25. The van der Waals surface area contributed by atoms with Gasteiger partial charge in [0.05, 0.1) is 0 Å². The number of nitrogens with zero attached hydrogens (tertiary/aromatic N) is 3. The van der Waals surface area contributed by atoms with Gasteiger partial charge in [0.25, 0.3) is 0 Å². The minimum absolute atomic E-state index is 0.127. The Hall–Kier alpha value is -2.23.